The van der Waals surface area contributed by atoms with Gasteiger partial charge < -0.3 is 4.57 Å². The fourth-order valence-corrected chi connectivity index (χ4v) is 3.53. The zero-order valence-electron chi connectivity index (χ0n) is 13.0. The van der Waals surface area contributed by atoms with Gasteiger partial charge in [-0.15, -0.1) is 0 Å². The summed E-state index contributed by atoms with van der Waals surface area (Å²) in [5, 5.41) is 1.45. The molecule has 0 unspecified atom stereocenters. The van der Waals surface area contributed by atoms with Crippen LogP contribution in [0.2, 0.25) is 10.0 Å². The number of likely N-dealkylation sites (tertiary alicyclic amines) is 1. The molecular formula is C17H21Cl2N3. The van der Waals surface area contributed by atoms with Crippen molar-refractivity contribution in [2.24, 2.45) is 5.92 Å². The van der Waals surface area contributed by atoms with Gasteiger partial charge in [-0.2, -0.15) is 0 Å². The molecule has 118 valence electrons. The Labute approximate surface area is 141 Å². The summed E-state index contributed by atoms with van der Waals surface area (Å²) in [6.07, 6.45) is 3.99. The number of hydrogen-bond acceptors (Lipinski definition) is 2. The molecule has 1 aliphatic heterocycles. The molecule has 3 rings (SSSR count). The van der Waals surface area contributed by atoms with Crippen molar-refractivity contribution in [1.29, 1.82) is 0 Å². The molecule has 5 heteroatoms. The molecule has 0 saturated carbocycles. The molecule has 1 aromatic carbocycles. The minimum absolute atomic E-state index is 0.471. The van der Waals surface area contributed by atoms with Crippen LogP contribution in [0.4, 0.5) is 0 Å². The Morgan fingerprint density at radius 3 is 2.73 bits per heavy atom. The van der Waals surface area contributed by atoms with Gasteiger partial charge in [-0.3, -0.25) is 4.90 Å². The average molecular weight is 338 g/mol. The van der Waals surface area contributed by atoms with E-state index in [9.17, 15) is 0 Å². The summed E-state index contributed by atoms with van der Waals surface area (Å²) >= 11 is 12.2. The lowest BCUT2D eigenvalue weighted by Crippen LogP contribution is -2.47. The molecule has 22 heavy (non-hydrogen) atoms. The standard InChI is InChI=1S/C17H21Cl2N3/c1-12(2)17-20-5-6-22(17)10-13-8-21(9-13)11-14-3-4-15(18)7-16(14)19/h3-7,12-13H,8-11H2,1-2H3. The molecule has 2 heterocycles. The first-order valence-corrected chi connectivity index (χ1v) is 8.46. The van der Waals surface area contributed by atoms with E-state index >= 15 is 0 Å². The lowest BCUT2D eigenvalue weighted by Gasteiger charge is -2.40. The van der Waals surface area contributed by atoms with Crippen molar-refractivity contribution < 1.29 is 0 Å². The van der Waals surface area contributed by atoms with Crippen molar-refractivity contribution in [2.75, 3.05) is 13.1 Å². The van der Waals surface area contributed by atoms with Crippen LogP contribution in [-0.2, 0) is 13.1 Å². The Bertz CT molecular complexity index is 645. The monoisotopic (exact) mass is 337 g/mol. The van der Waals surface area contributed by atoms with E-state index in [1.54, 1.807) is 0 Å². The summed E-state index contributed by atoms with van der Waals surface area (Å²) in [5.74, 6) is 2.34. The molecule has 0 radical (unpaired) electrons. The van der Waals surface area contributed by atoms with E-state index < -0.39 is 0 Å². The topological polar surface area (TPSA) is 21.1 Å². The van der Waals surface area contributed by atoms with Gasteiger partial charge in [0.25, 0.3) is 0 Å². The number of aromatic nitrogens is 2. The molecule has 0 aliphatic carbocycles. The maximum Gasteiger partial charge on any atom is 0.111 e. The molecule has 0 spiro atoms. The van der Waals surface area contributed by atoms with Crippen LogP contribution < -0.4 is 0 Å². The minimum Gasteiger partial charge on any atom is -0.334 e. The van der Waals surface area contributed by atoms with Crippen molar-refractivity contribution in [3.8, 4) is 0 Å². The van der Waals surface area contributed by atoms with Gasteiger partial charge in [-0.1, -0.05) is 43.1 Å². The lowest BCUT2D eigenvalue weighted by atomic mass is 9.99. The molecule has 0 N–H and O–H groups in total. The number of nitrogens with zero attached hydrogens (tertiary/aromatic N) is 3. The molecule has 0 atom stereocenters. The van der Waals surface area contributed by atoms with Crippen LogP contribution in [-0.4, -0.2) is 27.5 Å². The second-order valence-electron chi connectivity index (χ2n) is 6.39. The fraction of sp³-hybridized carbons (Fsp3) is 0.471. The third-order valence-electron chi connectivity index (χ3n) is 4.16. The van der Waals surface area contributed by atoms with Gasteiger partial charge in [0.1, 0.15) is 5.82 Å². The highest BCUT2D eigenvalue weighted by atomic mass is 35.5. The quantitative estimate of drug-likeness (QED) is 0.803. The predicted octanol–water partition coefficient (Wildman–Crippen LogP) is 4.45. The van der Waals surface area contributed by atoms with Crippen molar-refractivity contribution >= 4 is 23.2 Å². The van der Waals surface area contributed by atoms with Crippen molar-refractivity contribution in [3.05, 3.63) is 52.0 Å². The minimum atomic E-state index is 0.471. The van der Waals surface area contributed by atoms with E-state index in [1.807, 2.05) is 24.4 Å². The molecule has 0 amide bonds. The number of imidazole rings is 1. The van der Waals surface area contributed by atoms with Crippen LogP contribution >= 0.6 is 23.2 Å². The van der Waals surface area contributed by atoms with Gasteiger partial charge in [-0.25, -0.2) is 4.98 Å². The Hall–Kier alpha value is -1.03. The lowest BCUT2D eigenvalue weighted by molar-refractivity contribution is 0.0796. The van der Waals surface area contributed by atoms with Gasteiger partial charge in [0.15, 0.2) is 0 Å². The summed E-state index contributed by atoms with van der Waals surface area (Å²) in [5.41, 5.74) is 1.15. The van der Waals surface area contributed by atoms with E-state index in [0.29, 0.717) is 16.9 Å². The van der Waals surface area contributed by atoms with Gasteiger partial charge in [-0.05, 0) is 17.7 Å². The summed E-state index contributed by atoms with van der Waals surface area (Å²) < 4.78 is 2.29. The number of halogens is 2. The highest BCUT2D eigenvalue weighted by molar-refractivity contribution is 6.35. The Balaban J connectivity index is 1.53. The highest BCUT2D eigenvalue weighted by Gasteiger charge is 2.28. The third-order valence-corrected chi connectivity index (χ3v) is 4.75. The fourth-order valence-electron chi connectivity index (χ4n) is 3.07. The van der Waals surface area contributed by atoms with Gasteiger partial charge in [0.2, 0.25) is 0 Å². The predicted molar refractivity (Wildman–Crippen MR) is 91.5 cm³/mol. The number of hydrogen-bond donors (Lipinski definition) is 0. The molecule has 1 fully saturated rings. The van der Waals surface area contributed by atoms with Crippen LogP contribution in [0, 0.1) is 5.92 Å². The van der Waals surface area contributed by atoms with Crippen LogP contribution in [0.5, 0.6) is 0 Å². The second-order valence-corrected chi connectivity index (χ2v) is 7.23. The molecule has 3 nitrogen and oxygen atoms in total. The van der Waals surface area contributed by atoms with Crippen LogP contribution in [0.15, 0.2) is 30.6 Å². The van der Waals surface area contributed by atoms with E-state index in [4.69, 9.17) is 23.2 Å². The first-order chi connectivity index (χ1) is 10.5. The molecule has 2 aromatic rings. The van der Waals surface area contributed by atoms with E-state index in [2.05, 4.69) is 34.5 Å². The molecule has 1 saturated heterocycles. The van der Waals surface area contributed by atoms with Crippen LogP contribution in [0.3, 0.4) is 0 Å². The van der Waals surface area contributed by atoms with Crippen molar-refractivity contribution in [1.82, 2.24) is 14.5 Å². The van der Waals surface area contributed by atoms with Crippen molar-refractivity contribution in [3.63, 3.8) is 0 Å². The van der Waals surface area contributed by atoms with E-state index in [1.165, 1.54) is 5.82 Å². The maximum atomic E-state index is 6.24. The Morgan fingerprint density at radius 2 is 2.05 bits per heavy atom. The van der Waals surface area contributed by atoms with Gasteiger partial charge in [0.05, 0.1) is 0 Å². The zero-order valence-corrected chi connectivity index (χ0v) is 14.5. The first-order valence-electron chi connectivity index (χ1n) is 7.70. The smallest absolute Gasteiger partial charge is 0.111 e. The zero-order chi connectivity index (χ0) is 15.7. The normalized spacial score (nSPS) is 16.2. The Morgan fingerprint density at radius 1 is 1.27 bits per heavy atom. The number of rotatable bonds is 5. The average Bonchev–Trinajstić information content (AvgIpc) is 2.87. The summed E-state index contributed by atoms with van der Waals surface area (Å²) in [6.45, 7) is 8.54. The van der Waals surface area contributed by atoms with Gasteiger partial charge >= 0.3 is 0 Å². The number of benzene rings is 1. The first kappa shape index (κ1) is 15.9. The van der Waals surface area contributed by atoms with Gasteiger partial charge in [0, 0.05) is 60.5 Å². The summed E-state index contributed by atoms with van der Waals surface area (Å²) in [4.78, 5) is 6.88. The second kappa shape index (κ2) is 6.61. The highest BCUT2D eigenvalue weighted by Crippen LogP contribution is 2.26. The Kier molecular flexibility index (Phi) is 4.76. The SMILES string of the molecule is CC(C)c1nccn1CC1CN(Cc2ccc(Cl)cc2Cl)C1. The molecule has 1 aliphatic rings. The summed E-state index contributed by atoms with van der Waals surface area (Å²) in [7, 11) is 0. The van der Waals surface area contributed by atoms with Crippen molar-refractivity contribution in [2.45, 2.75) is 32.9 Å². The van der Waals surface area contributed by atoms with Crippen LogP contribution in [0.1, 0.15) is 31.2 Å². The largest absolute Gasteiger partial charge is 0.334 e. The molecule has 0 bridgehead atoms. The molecular weight excluding hydrogens is 317 g/mol. The van der Waals surface area contributed by atoms with E-state index in [0.717, 1.165) is 36.8 Å². The van der Waals surface area contributed by atoms with E-state index in [-0.39, 0.29) is 0 Å². The third kappa shape index (κ3) is 3.48. The molecule has 1 aromatic heterocycles. The summed E-state index contributed by atoms with van der Waals surface area (Å²) in [6, 6.07) is 5.74. The maximum absolute atomic E-state index is 6.24. The van der Waals surface area contributed by atoms with Crippen LogP contribution in [0.25, 0.3) is 0 Å².